The molecule has 1 aromatic heterocycles. The van der Waals surface area contributed by atoms with Gasteiger partial charge in [-0.1, -0.05) is 6.92 Å². The van der Waals surface area contributed by atoms with Crippen molar-refractivity contribution >= 4 is 24.0 Å². The average molecular weight is 372 g/mol. The highest BCUT2D eigenvalue weighted by atomic mass is 19.1. The van der Waals surface area contributed by atoms with E-state index in [0.29, 0.717) is 22.3 Å². The molecule has 0 bridgehead atoms. The molecule has 0 saturated carbocycles. The standard InChI is InChI=1S/C19H26BFN4O2/c1-7-19(4)18(2,3)26-20(27-19)14-8-13(16(23-5)9-15(14)21)17(22)12-10-24-25(6)11-12/h8-11,22-23H,7H2,1-6H3. The first-order chi connectivity index (χ1) is 12.6. The van der Waals surface area contributed by atoms with Gasteiger partial charge in [0, 0.05) is 42.6 Å². The minimum atomic E-state index is -0.823. The largest absolute Gasteiger partial charge is 0.497 e. The zero-order chi connectivity index (χ0) is 20.0. The topological polar surface area (TPSA) is 72.2 Å². The maximum Gasteiger partial charge on any atom is 0.497 e. The van der Waals surface area contributed by atoms with Crippen molar-refractivity contribution in [1.29, 1.82) is 5.41 Å². The molecule has 144 valence electrons. The minimum Gasteiger partial charge on any atom is -0.399 e. The van der Waals surface area contributed by atoms with Crippen molar-refractivity contribution < 1.29 is 13.7 Å². The van der Waals surface area contributed by atoms with Gasteiger partial charge in [-0.2, -0.15) is 5.10 Å². The summed E-state index contributed by atoms with van der Waals surface area (Å²) in [6.07, 6.45) is 4.11. The summed E-state index contributed by atoms with van der Waals surface area (Å²) in [6.45, 7) is 7.91. The molecule has 8 heteroatoms. The molecule has 1 aliphatic rings. The third-order valence-electron chi connectivity index (χ3n) is 5.64. The SMILES string of the molecule is CCC1(C)OB(c2cc(C(=N)c3cnn(C)c3)c(NC)cc2F)OC1(C)C. The monoisotopic (exact) mass is 372 g/mol. The number of nitrogens with one attached hydrogen (secondary N) is 2. The molecule has 1 atom stereocenters. The molecule has 1 unspecified atom stereocenters. The highest BCUT2D eigenvalue weighted by molar-refractivity contribution is 6.62. The van der Waals surface area contributed by atoms with Gasteiger partial charge in [-0.15, -0.1) is 0 Å². The lowest BCUT2D eigenvalue weighted by atomic mass is 9.77. The van der Waals surface area contributed by atoms with Gasteiger partial charge in [0.25, 0.3) is 0 Å². The van der Waals surface area contributed by atoms with Gasteiger partial charge in [-0.3, -0.25) is 10.1 Å². The van der Waals surface area contributed by atoms with Crippen LogP contribution >= 0.6 is 0 Å². The van der Waals surface area contributed by atoms with E-state index in [2.05, 4.69) is 10.4 Å². The number of rotatable bonds is 5. The molecule has 0 amide bonds. The van der Waals surface area contributed by atoms with E-state index in [1.807, 2.05) is 27.7 Å². The zero-order valence-corrected chi connectivity index (χ0v) is 16.7. The van der Waals surface area contributed by atoms with E-state index >= 15 is 0 Å². The van der Waals surface area contributed by atoms with Crippen LogP contribution in [-0.4, -0.2) is 40.9 Å². The first kappa shape index (κ1) is 19.6. The fourth-order valence-corrected chi connectivity index (χ4v) is 3.32. The van der Waals surface area contributed by atoms with Crippen LogP contribution in [0.2, 0.25) is 0 Å². The number of aromatic nitrogens is 2. The third-order valence-corrected chi connectivity index (χ3v) is 5.64. The minimum absolute atomic E-state index is 0.254. The quantitative estimate of drug-likeness (QED) is 0.625. The Labute approximate surface area is 159 Å². The molecular formula is C19H26BFN4O2. The number of aryl methyl sites for hydroxylation is 1. The molecule has 1 aromatic carbocycles. The maximum atomic E-state index is 14.9. The molecule has 0 aliphatic carbocycles. The summed E-state index contributed by atoms with van der Waals surface area (Å²) >= 11 is 0. The van der Waals surface area contributed by atoms with Gasteiger partial charge in [0.15, 0.2) is 0 Å². The maximum absolute atomic E-state index is 14.9. The fraction of sp³-hybridized carbons (Fsp3) is 0.474. The molecule has 2 aromatic rings. The number of hydrogen-bond donors (Lipinski definition) is 2. The molecule has 27 heavy (non-hydrogen) atoms. The van der Waals surface area contributed by atoms with Crippen LogP contribution < -0.4 is 10.8 Å². The normalized spacial score (nSPS) is 21.5. The van der Waals surface area contributed by atoms with Gasteiger partial charge in [0.05, 0.1) is 23.1 Å². The number of benzene rings is 1. The number of hydrogen-bond acceptors (Lipinski definition) is 5. The van der Waals surface area contributed by atoms with E-state index in [4.69, 9.17) is 14.7 Å². The second-order valence-corrected chi connectivity index (χ2v) is 7.61. The summed E-state index contributed by atoms with van der Waals surface area (Å²) in [7, 11) is 2.67. The Balaban J connectivity index is 2.04. The third kappa shape index (κ3) is 3.28. The zero-order valence-electron chi connectivity index (χ0n) is 16.7. The van der Waals surface area contributed by atoms with E-state index in [1.54, 1.807) is 37.2 Å². The van der Waals surface area contributed by atoms with Gasteiger partial charge in [0.2, 0.25) is 0 Å². The van der Waals surface area contributed by atoms with E-state index < -0.39 is 24.1 Å². The molecule has 2 N–H and O–H groups in total. The van der Waals surface area contributed by atoms with Crippen LogP contribution in [0.1, 0.15) is 45.2 Å². The van der Waals surface area contributed by atoms with Gasteiger partial charge < -0.3 is 14.6 Å². The van der Waals surface area contributed by atoms with Crippen LogP contribution in [0.15, 0.2) is 24.5 Å². The molecule has 6 nitrogen and oxygen atoms in total. The molecule has 0 spiro atoms. The fourth-order valence-electron chi connectivity index (χ4n) is 3.32. The number of halogens is 1. The Kier molecular flexibility index (Phi) is 4.90. The van der Waals surface area contributed by atoms with E-state index in [1.165, 1.54) is 6.07 Å². The second-order valence-electron chi connectivity index (χ2n) is 7.61. The molecule has 1 fully saturated rings. The predicted molar refractivity (Wildman–Crippen MR) is 105 cm³/mol. The van der Waals surface area contributed by atoms with Crippen molar-refractivity contribution in [2.75, 3.05) is 12.4 Å². The van der Waals surface area contributed by atoms with Crippen molar-refractivity contribution in [2.24, 2.45) is 7.05 Å². The lowest BCUT2D eigenvalue weighted by molar-refractivity contribution is -0.0118. The molecule has 3 rings (SSSR count). The summed E-state index contributed by atoms with van der Waals surface area (Å²) in [5.74, 6) is -0.428. The molecule has 1 saturated heterocycles. The molecular weight excluding hydrogens is 346 g/mol. The van der Waals surface area contributed by atoms with Gasteiger partial charge in [-0.05, 0) is 39.3 Å². The van der Waals surface area contributed by atoms with Crippen LogP contribution in [0.5, 0.6) is 0 Å². The van der Waals surface area contributed by atoms with Crippen LogP contribution in [0, 0.1) is 11.2 Å². The van der Waals surface area contributed by atoms with Crippen molar-refractivity contribution in [2.45, 2.75) is 45.3 Å². The van der Waals surface area contributed by atoms with E-state index in [0.717, 1.165) is 6.42 Å². The smallest absolute Gasteiger partial charge is 0.399 e. The Bertz CT molecular complexity index is 883. The summed E-state index contributed by atoms with van der Waals surface area (Å²) in [4.78, 5) is 0. The Morgan fingerprint density at radius 3 is 2.56 bits per heavy atom. The summed E-state index contributed by atoms with van der Waals surface area (Å²) in [6, 6.07) is 3.02. The Morgan fingerprint density at radius 1 is 1.33 bits per heavy atom. The Morgan fingerprint density at radius 2 is 2.04 bits per heavy atom. The number of anilines is 1. The molecule has 0 radical (unpaired) electrons. The highest BCUT2D eigenvalue weighted by Gasteiger charge is 2.54. The van der Waals surface area contributed by atoms with Crippen LogP contribution in [0.3, 0.4) is 0 Å². The van der Waals surface area contributed by atoms with Gasteiger partial charge >= 0.3 is 7.12 Å². The van der Waals surface area contributed by atoms with Gasteiger partial charge in [0.1, 0.15) is 5.82 Å². The van der Waals surface area contributed by atoms with Crippen LogP contribution in [0.4, 0.5) is 10.1 Å². The average Bonchev–Trinajstić information content (AvgIpc) is 3.15. The molecule has 1 aliphatic heterocycles. The first-order valence-electron chi connectivity index (χ1n) is 9.06. The molecule has 2 heterocycles. The van der Waals surface area contributed by atoms with E-state index in [-0.39, 0.29) is 5.71 Å². The van der Waals surface area contributed by atoms with Gasteiger partial charge in [-0.25, -0.2) is 4.39 Å². The first-order valence-corrected chi connectivity index (χ1v) is 9.06. The van der Waals surface area contributed by atoms with Crippen molar-refractivity contribution in [3.05, 3.63) is 41.5 Å². The lowest BCUT2D eigenvalue weighted by Crippen LogP contribution is -2.44. The predicted octanol–water partition coefficient (Wildman–Crippen LogP) is 2.71. The van der Waals surface area contributed by atoms with Crippen LogP contribution in [-0.2, 0) is 16.4 Å². The van der Waals surface area contributed by atoms with Crippen molar-refractivity contribution in [3.8, 4) is 0 Å². The van der Waals surface area contributed by atoms with Crippen molar-refractivity contribution in [1.82, 2.24) is 9.78 Å². The highest BCUT2D eigenvalue weighted by Crippen LogP contribution is 2.39. The van der Waals surface area contributed by atoms with Crippen molar-refractivity contribution in [3.63, 3.8) is 0 Å². The van der Waals surface area contributed by atoms with Crippen LogP contribution in [0.25, 0.3) is 0 Å². The lowest BCUT2D eigenvalue weighted by Gasteiger charge is -2.35. The summed E-state index contributed by atoms with van der Waals surface area (Å²) in [5, 5.41) is 15.6. The summed E-state index contributed by atoms with van der Waals surface area (Å²) in [5.41, 5.74) is 1.21. The van der Waals surface area contributed by atoms with E-state index in [9.17, 15) is 4.39 Å². The second kappa shape index (κ2) is 6.76. The summed E-state index contributed by atoms with van der Waals surface area (Å²) < 4.78 is 28.7. The number of nitrogens with zero attached hydrogens (tertiary/aromatic N) is 2. The Hall–Kier alpha value is -2.19.